The molecule has 0 aromatic carbocycles. The number of thioether (sulfide) groups is 1. The Morgan fingerprint density at radius 3 is 2.89 bits per heavy atom. The molecule has 0 unspecified atom stereocenters. The third-order valence-electron chi connectivity index (χ3n) is 3.21. The van der Waals surface area contributed by atoms with Gasteiger partial charge in [-0.15, -0.1) is 0 Å². The van der Waals surface area contributed by atoms with Crippen molar-refractivity contribution in [1.29, 1.82) is 0 Å². The molecule has 0 saturated carbocycles. The van der Waals surface area contributed by atoms with Crippen molar-refractivity contribution in [3.63, 3.8) is 0 Å². The molecule has 6 heteroatoms. The van der Waals surface area contributed by atoms with Crippen LogP contribution in [-0.2, 0) is 6.54 Å². The quantitative estimate of drug-likeness (QED) is 0.770. The molecule has 2 N–H and O–H groups in total. The molecule has 0 spiro atoms. The lowest BCUT2D eigenvalue weighted by atomic mass is 10.2. The molecule has 1 aromatic rings. The zero-order chi connectivity index (χ0) is 13.7. The smallest absolute Gasteiger partial charge is 0.339 e. The Kier molecular flexibility index (Phi) is 5.30. The van der Waals surface area contributed by atoms with Crippen LogP contribution in [0, 0.1) is 6.92 Å². The molecule has 0 atom stereocenters. The Bertz CT molecular complexity index is 428. The summed E-state index contributed by atoms with van der Waals surface area (Å²) in [4.78, 5) is 13.3. The summed E-state index contributed by atoms with van der Waals surface area (Å²) in [6, 6.07) is 1.60. The first kappa shape index (κ1) is 14.4. The Hall–Kier alpha value is -0.980. The number of aryl methyl sites for hydroxylation is 1. The molecule has 106 valence electrons. The van der Waals surface area contributed by atoms with E-state index in [1.165, 1.54) is 11.5 Å². The fourth-order valence-corrected chi connectivity index (χ4v) is 3.10. The highest BCUT2D eigenvalue weighted by Gasteiger charge is 2.13. The predicted molar refractivity (Wildman–Crippen MR) is 75.9 cm³/mol. The third-order valence-corrected chi connectivity index (χ3v) is 4.15. The second-order valence-corrected chi connectivity index (χ2v) is 5.84. The zero-order valence-electron chi connectivity index (χ0n) is 11.1. The van der Waals surface area contributed by atoms with E-state index in [1.54, 1.807) is 13.0 Å². The molecule has 2 rings (SSSR count). The van der Waals surface area contributed by atoms with Crippen LogP contribution in [0.4, 0.5) is 0 Å². The monoisotopic (exact) mass is 284 g/mol. The number of rotatable bonds is 6. The van der Waals surface area contributed by atoms with E-state index < -0.39 is 5.97 Å². The maximum atomic E-state index is 10.9. The average molecular weight is 284 g/mol. The molecule has 1 aliphatic heterocycles. The number of nitrogens with one attached hydrogen (secondary N) is 1. The minimum Gasteiger partial charge on any atom is -0.478 e. The largest absolute Gasteiger partial charge is 0.478 e. The molecule has 0 bridgehead atoms. The SMILES string of the molecule is Cc1oc(CNCCN2CCSCC2)cc1C(=O)O. The summed E-state index contributed by atoms with van der Waals surface area (Å²) in [7, 11) is 0. The van der Waals surface area contributed by atoms with Gasteiger partial charge in [-0.3, -0.25) is 0 Å². The van der Waals surface area contributed by atoms with Gasteiger partial charge in [0.1, 0.15) is 17.1 Å². The van der Waals surface area contributed by atoms with Crippen molar-refractivity contribution in [3.05, 3.63) is 23.2 Å². The number of aromatic carboxylic acids is 1. The topological polar surface area (TPSA) is 65.7 Å². The van der Waals surface area contributed by atoms with Gasteiger partial charge >= 0.3 is 5.97 Å². The fraction of sp³-hybridized carbons (Fsp3) is 0.615. The van der Waals surface area contributed by atoms with E-state index in [0.29, 0.717) is 18.1 Å². The number of carbonyl (C=O) groups is 1. The lowest BCUT2D eigenvalue weighted by Gasteiger charge is -2.25. The third kappa shape index (κ3) is 4.26. The van der Waals surface area contributed by atoms with E-state index in [1.807, 2.05) is 11.8 Å². The molecule has 0 aliphatic carbocycles. The van der Waals surface area contributed by atoms with Crippen molar-refractivity contribution < 1.29 is 14.3 Å². The number of hydrogen-bond donors (Lipinski definition) is 2. The zero-order valence-corrected chi connectivity index (χ0v) is 12.0. The molecule has 5 nitrogen and oxygen atoms in total. The van der Waals surface area contributed by atoms with Crippen LogP contribution in [0.2, 0.25) is 0 Å². The number of furan rings is 1. The molecule has 19 heavy (non-hydrogen) atoms. The number of hydrogen-bond acceptors (Lipinski definition) is 5. The second kappa shape index (κ2) is 6.98. The van der Waals surface area contributed by atoms with Crippen LogP contribution in [0.25, 0.3) is 0 Å². The minimum atomic E-state index is -0.932. The maximum Gasteiger partial charge on any atom is 0.339 e. The molecule has 0 amide bonds. The van der Waals surface area contributed by atoms with Gasteiger partial charge in [0.2, 0.25) is 0 Å². The van der Waals surface area contributed by atoms with Crippen LogP contribution in [0.1, 0.15) is 21.9 Å². The van der Waals surface area contributed by atoms with Crippen LogP contribution in [0.5, 0.6) is 0 Å². The Morgan fingerprint density at radius 2 is 2.26 bits per heavy atom. The normalized spacial score (nSPS) is 16.7. The van der Waals surface area contributed by atoms with E-state index >= 15 is 0 Å². The summed E-state index contributed by atoms with van der Waals surface area (Å²) in [6.07, 6.45) is 0. The predicted octanol–water partition coefficient (Wildman–Crippen LogP) is 1.42. The number of carboxylic acid groups (broad SMARTS) is 1. The van der Waals surface area contributed by atoms with Crippen LogP contribution in [0.3, 0.4) is 0 Å². The molecule has 1 aromatic heterocycles. The van der Waals surface area contributed by atoms with Crippen molar-refractivity contribution >= 4 is 17.7 Å². The minimum absolute atomic E-state index is 0.254. The van der Waals surface area contributed by atoms with Crippen molar-refractivity contribution in [1.82, 2.24) is 10.2 Å². The van der Waals surface area contributed by atoms with Gasteiger partial charge in [0.05, 0.1) is 6.54 Å². The highest BCUT2D eigenvalue weighted by atomic mass is 32.2. The molecule has 1 fully saturated rings. The van der Waals surface area contributed by atoms with Crippen molar-refractivity contribution in [2.75, 3.05) is 37.7 Å². The van der Waals surface area contributed by atoms with Crippen LogP contribution in [-0.4, -0.2) is 53.7 Å². The summed E-state index contributed by atoms with van der Waals surface area (Å²) in [5, 5.41) is 12.2. The van der Waals surface area contributed by atoms with Gasteiger partial charge in [0.25, 0.3) is 0 Å². The van der Waals surface area contributed by atoms with E-state index in [9.17, 15) is 4.79 Å². The van der Waals surface area contributed by atoms with E-state index in [0.717, 1.165) is 26.2 Å². The van der Waals surface area contributed by atoms with Gasteiger partial charge in [0, 0.05) is 37.7 Å². The molecular weight excluding hydrogens is 264 g/mol. The molecule has 2 heterocycles. The molecule has 0 radical (unpaired) electrons. The highest BCUT2D eigenvalue weighted by molar-refractivity contribution is 7.99. The fourth-order valence-electron chi connectivity index (χ4n) is 2.12. The van der Waals surface area contributed by atoms with E-state index in [2.05, 4.69) is 10.2 Å². The van der Waals surface area contributed by atoms with Gasteiger partial charge in [-0.1, -0.05) is 0 Å². The number of carboxylic acids is 1. The summed E-state index contributed by atoms with van der Waals surface area (Å²) in [5.41, 5.74) is 0.254. The van der Waals surface area contributed by atoms with Gasteiger partial charge < -0.3 is 19.7 Å². The second-order valence-electron chi connectivity index (χ2n) is 4.62. The summed E-state index contributed by atoms with van der Waals surface area (Å²) >= 11 is 2.01. The van der Waals surface area contributed by atoms with Crippen molar-refractivity contribution in [2.45, 2.75) is 13.5 Å². The van der Waals surface area contributed by atoms with Gasteiger partial charge in [-0.2, -0.15) is 11.8 Å². The first-order valence-electron chi connectivity index (χ1n) is 6.50. The van der Waals surface area contributed by atoms with Gasteiger partial charge in [0.15, 0.2) is 0 Å². The summed E-state index contributed by atoms with van der Waals surface area (Å²) in [6.45, 7) is 6.51. The molecule has 1 aliphatic rings. The number of nitrogens with zero attached hydrogens (tertiary/aromatic N) is 1. The van der Waals surface area contributed by atoms with Crippen LogP contribution in [0.15, 0.2) is 10.5 Å². The van der Waals surface area contributed by atoms with E-state index in [4.69, 9.17) is 9.52 Å². The first-order chi connectivity index (χ1) is 9.16. The van der Waals surface area contributed by atoms with Crippen molar-refractivity contribution in [3.8, 4) is 0 Å². The van der Waals surface area contributed by atoms with Crippen LogP contribution < -0.4 is 5.32 Å². The van der Waals surface area contributed by atoms with Gasteiger partial charge in [-0.05, 0) is 13.0 Å². The molecule has 1 saturated heterocycles. The van der Waals surface area contributed by atoms with Crippen molar-refractivity contribution in [2.24, 2.45) is 0 Å². The van der Waals surface area contributed by atoms with E-state index in [-0.39, 0.29) is 5.56 Å². The Labute approximate surface area is 117 Å². The lowest BCUT2D eigenvalue weighted by Crippen LogP contribution is -2.37. The van der Waals surface area contributed by atoms with Crippen LogP contribution >= 0.6 is 11.8 Å². The lowest BCUT2D eigenvalue weighted by molar-refractivity contribution is 0.0695. The highest BCUT2D eigenvalue weighted by Crippen LogP contribution is 2.14. The summed E-state index contributed by atoms with van der Waals surface area (Å²) < 4.78 is 5.41. The standard InChI is InChI=1S/C13H20N2O3S/c1-10-12(13(16)17)8-11(18-10)9-14-2-3-15-4-6-19-7-5-15/h8,14H,2-7,9H2,1H3,(H,16,17). The molecular formula is C13H20N2O3S. The maximum absolute atomic E-state index is 10.9. The summed E-state index contributed by atoms with van der Waals surface area (Å²) in [5.74, 6) is 2.67. The average Bonchev–Trinajstić information content (AvgIpc) is 2.77. The Balaban J connectivity index is 1.70. The van der Waals surface area contributed by atoms with Gasteiger partial charge in [-0.25, -0.2) is 4.79 Å². The first-order valence-corrected chi connectivity index (χ1v) is 7.65. The Morgan fingerprint density at radius 1 is 1.53 bits per heavy atom.